The molecule has 5 heteroatoms. The monoisotopic (exact) mass is 263 g/mol. The molecule has 2 rings (SSSR count). The summed E-state index contributed by atoms with van der Waals surface area (Å²) in [6.07, 6.45) is 1.80. The number of carboxylic acids is 1. The summed E-state index contributed by atoms with van der Waals surface area (Å²) >= 11 is 1.59. The highest BCUT2D eigenvalue weighted by Gasteiger charge is 2.03. The van der Waals surface area contributed by atoms with E-state index in [1.165, 1.54) is 0 Å². The largest absolute Gasteiger partial charge is 0.488 e. The molecule has 0 spiro atoms. The van der Waals surface area contributed by atoms with Gasteiger partial charge in [-0.15, -0.1) is 11.3 Å². The Balaban J connectivity index is 1.98. The number of thiazole rings is 1. The van der Waals surface area contributed by atoms with Crippen molar-refractivity contribution in [2.45, 2.75) is 20.0 Å². The first-order valence-corrected chi connectivity index (χ1v) is 6.30. The third kappa shape index (κ3) is 3.56. The van der Waals surface area contributed by atoms with Crippen molar-refractivity contribution in [1.82, 2.24) is 4.98 Å². The predicted molar refractivity (Wildman–Crippen MR) is 69.0 cm³/mol. The van der Waals surface area contributed by atoms with E-state index < -0.39 is 5.97 Å². The van der Waals surface area contributed by atoms with Crippen molar-refractivity contribution in [2.24, 2.45) is 0 Å². The van der Waals surface area contributed by atoms with Gasteiger partial charge in [0.15, 0.2) is 0 Å². The van der Waals surface area contributed by atoms with Crippen LogP contribution in [0.15, 0.2) is 30.5 Å². The minimum absolute atomic E-state index is 0.0108. The first kappa shape index (κ1) is 12.6. The van der Waals surface area contributed by atoms with E-state index in [1.807, 2.05) is 13.0 Å². The standard InChI is InChI=1S/C13H13NO3S/c1-9-14-7-12(18-9)8-17-11-4-2-3-10(5-11)6-13(15)16/h2-5,7H,6,8H2,1H3,(H,15,16). The number of aromatic nitrogens is 1. The average molecular weight is 263 g/mol. The number of nitrogens with zero attached hydrogens (tertiary/aromatic N) is 1. The zero-order valence-corrected chi connectivity index (χ0v) is 10.7. The number of rotatable bonds is 5. The molecule has 0 amide bonds. The molecule has 0 aliphatic heterocycles. The van der Waals surface area contributed by atoms with Crippen molar-refractivity contribution < 1.29 is 14.6 Å². The summed E-state index contributed by atoms with van der Waals surface area (Å²) in [7, 11) is 0. The molecule has 0 fully saturated rings. The van der Waals surface area contributed by atoms with Crippen molar-refractivity contribution in [1.29, 1.82) is 0 Å². The Hall–Kier alpha value is -1.88. The molecule has 18 heavy (non-hydrogen) atoms. The van der Waals surface area contributed by atoms with Crippen LogP contribution in [0.3, 0.4) is 0 Å². The van der Waals surface area contributed by atoms with E-state index in [0.29, 0.717) is 12.4 Å². The number of hydrogen-bond donors (Lipinski definition) is 1. The Morgan fingerprint density at radius 1 is 1.50 bits per heavy atom. The number of aryl methyl sites for hydroxylation is 1. The van der Waals surface area contributed by atoms with Gasteiger partial charge in [-0.3, -0.25) is 4.79 Å². The molecule has 4 nitrogen and oxygen atoms in total. The highest BCUT2D eigenvalue weighted by Crippen LogP contribution is 2.18. The molecule has 94 valence electrons. The molecule has 0 saturated carbocycles. The minimum atomic E-state index is -0.842. The molecule has 0 bridgehead atoms. The van der Waals surface area contributed by atoms with E-state index in [4.69, 9.17) is 9.84 Å². The van der Waals surface area contributed by atoms with Crippen molar-refractivity contribution in [3.8, 4) is 5.75 Å². The van der Waals surface area contributed by atoms with Gasteiger partial charge in [-0.05, 0) is 24.6 Å². The Kier molecular flexibility index (Phi) is 3.94. The summed E-state index contributed by atoms with van der Waals surface area (Å²) in [4.78, 5) is 15.8. The van der Waals surface area contributed by atoms with E-state index in [9.17, 15) is 4.79 Å². The van der Waals surface area contributed by atoms with Crippen LogP contribution in [0, 0.1) is 6.92 Å². The fourth-order valence-corrected chi connectivity index (χ4v) is 2.25. The van der Waals surface area contributed by atoms with E-state index in [0.717, 1.165) is 15.4 Å². The maximum atomic E-state index is 10.6. The van der Waals surface area contributed by atoms with Gasteiger partial charge in [0, 0.05) is 6.20 Å². The van der Waals surface area contributed by atoms with Crippen LogP contribution in [0.25, 0.3) is 0 Å². The van der Waals surface area contributed by atoms with Gasteiger partial charge < -0.3 is 9.84 Å². The van der Waals surface area contributed by atoms with Crippen molar-refractivity contribution in [3.05, 3.63) is 45.9 Å². The van der Waals surface area contributed by atoms with E-state index in [-0.39, 0.29) is 6.42 Å². The Labute approximate surface area is 109 Å². The minimum Gasteiger partial charge on any atom is -0.488 e. The summed E-state index contributed by atoms with van der Waals surface area (Å²) in [5.41, 5.74) is 0.737. The Morgan fingerprint density at radius 3 is 3.00 bits per heavy atom. The zero-order valence-electron chi connectivity index (χ0n) is 9.92. The Bertz CT molecular complexity index is 551. The van der Waals surface area contributed by atoms with Crippen LogP contribution in [0.4, 0.5) is 0 Å². The van der Waals surface area contributed by atoms with Crippen LogP contribution >= 0.6 is 11.3 Å². The molecular weight excluding hydrogens is 250 g/mol. The Morgan fingerprint density at radius 2 is 2.33 bits per heavy atom. The van der Waals surface area contributed by atoms with Crippen LogP contribution < -0.4 is 4.74 Å². The number of benzene rings is 1. The summed E-state index contributed by atoms with van der Waals surface area (Å²) in [5, 5.41) is 9.73. The first-order valence-electron chi connectivity index (χ1n) is 5.48. The van der Waals surface area contributed by atoms with Gasteiger partial charge in [-0.1, -0.05) is 12.1 Å². The smallest absolute Gasteiger partial charge is 0.307 e. The molecule has 1 aromatic heterocycles. The molecule has 1 heterocycles. The highest BCUT2D eigenvalue weighted by molar-refractivity contribution is 7.11. The van der Waals surface area contributed by atoms with E-state index in [2.05, 4.69) is 4.98 Å². The lowest BCUT2D eigenvalue weighted by molar-refractivity contribution is -0.136. The lowest BCUT2D eigenvalue weighted by Gasteiger charge is -2.05. The number of carbonyl (C=O) groups is 1. The van der Waals surface area contributed by atoms with Crippen molar-refractivity contribution in [3.63, 3.8) is 0 Å². The summed E-state index contributed by atoms with van der Waals surface area (Å²) < 4.78 is 5.61. The second-order valence-electron chi connectivity index (χ2n) is 3.85. The molecule has 1 aromatic carbocycles. The normalized spacial score (nSPS) is 10.3. The number of ether oxygens (including phenoxy) is 1. The molecule has 0 saturated heterocycles. The summed E-state index contributed by atoms with van der Waals surface area (Å²) in [6, 6.07) is 7.14. The van der Waals surface area contributed by atoms with Gasteiger partial charge >= 0.3 is 5.97 Å². The van der Waals surface area contributed by atoms with Gasteiger partial charge in [-0.25, -0.2) is 4.98 Å². The van der Waals surface area contributed by atoms with E-state index >= 15 is 0 Å². The first-order chi connectivity index (χ1) is 8.63. The van der Waals surface area contributed by atoms with Gasteiger partial charge in [0.25, 0.3) is 0 Å². The topological polar surface area (TPSA) is 59.4 Å². The third-order valence-electron chi connectivity index (χ3n) is 2.30. The van der Waals surface area contributed by atoms with Crippen LogP contribution in [0.1, 0.15) is 15.4 Å². The van der Waals surface area contributed by atoms with Crippen LogP contribution in [0.2, 0.25) is 0 Å². The zero-order chi connectivity index (χ0) is 13.0. The molecule has 2 aromatic rings. The number of aliphatic carboxylic acids is 1. The SMILES string of the molecule is Cc1ncc(COc2cccc(CC(=O)O)c2)s1. The van der Waals surface area contributed by atoms with Gasteiger partial charge in [-0.2, -0.15) is 0 Å². The second-order valence-corrected chi connectivity index (χ2v) is 5.17. The second kappa shape index (κ2) is 5.64. The number of carboxylic acid groups (broad SMARTS) is 1. The average Bonchev–Trinajstić information content (AvgIpc) is 2.72. The third-order valence-corrected chi connectivity index (χ3v) is 3.19. The molecule has 0 aliphatic carbocycles. The van der Waals surface area contributed by atoms with Crippen molar-refractivity contribution >= 4 is 17.3 Å². The van der Waals surface area contributed by atoms with Gasteiger partial charge in [0.1, 0.15) is 12.4 Å². The van der Waals surface area contributed by atoms with Crippen LogP contribution in [0.5, 0.6) is 5.75 Å². The highest BCUT2D eigenvalue weighted by atomic mass is 32.1. The lowest BCUT2D eigenvalue weighted by Crippen LogP contribution is -2.00. The number of hydrogen-bond acceptors (Lipinski definition) is 4. The van der Waals surface area contributed by atoms with Crippen LogP contribution in [-0.2, 0) is 17.8 Å². The lowest BCUT2D eigenvalue weighted by atomic mass is 10.1. The molecule has 0 aliphatic rings. The molecule has 0 radical (unpaired) electrons. The summed E-state index contributed by atoms with van der Waals surface area (Å²) in [5.74, 6) is -0.162. The van der Waals surface area contributed by atoms with Crippen LogP contribution in [-0.4, -0.2) is 16.1 Å². The molecule has 0 atom stereocenters. The van der Waals surface area contributed by atoms with Gasteiger partial charge in [0.05, 0.1) is 16.3 Å². The fraction of sp³-hybridized carbons (Fsp3) is 0.231. The maximum Gasteiger partial charge on any atom is 0.307 e. The van der Waals surface area contributed by atoms with Crippen molar-refractivity contribution in [2.75, 3.05) is 0 Å². The summed E-state index contributed by atoms with van der Waals surface area (Å²) in [6.45, 7) is 2.41. The molecule has 0 unspecified atom stereocenters. The van der Waals surface area contributed by atoms with Gasteiger partial charge in [0.2, 0.25) is 0 Å². The maximum absolute atomic E-state index is 10.6. The fourth-order valence-electron chi connectivity index (χ4n) is 1.55. The predicted octanol–water partition coefficient (Wildman–Crippen LogP) is 2.66. The van der Waals surface area contributed by atoms with E-state index in [1.54, 1.807) is 35.7 Å². The molecule has 1 N–H and O–H groups in total. The molecular formula is C13H13NO3S. The quantitative estimate of drug-likeness (QED) is 0.901.